The van der Waals surface area contributed by atoms with Crippen molar-refractivity contribution in [1.82, 2.24) is 9.31 Å². The first-order chi connectivity index (χ1) is 10.2. The van der Waals surface area contributed by atoms with Gasteiger partial charge in [0.2, 0.25) is 0 Å². The van der Waals surface area contributed by atoms with Crippen molar-refractivity contribution in [3.05, 3.63) is 29.2 Å². The van der Waals surface area contributed by atoms with Crippen LogP contribution in [0, 0.1) is 6.92 Å². The van der Waals surface area contributed by atoms with Gasteiger partial charge in [-0.05, 0) is 45.3 Å². The molecule has 0 saturated heterocycles. The minimum atomic E-state index is -1.23. The van der Waals surface area contributed by atoms with Crippen LogP contribution < -0.4 is 0 Å². The highest BCUT2D eigenvalue weighted by atomic mass is 31.1. The summed E-state index contributed by atoms with van der Waals surface area (Å²) in [4.78, 5) is 12.3. The van der Waals surface area contributed by atoms with E-state index < -0.39 is 15.8 Å². The van der Waals surface area contributed by atoms with Crippen LogP contribution in [0.3, 0.4) is 0 Å². The maximum Gasteiger partial charge on any atom is 0.340 e. The van der Waals surface area contributed by atoms with E-state index in [0.717, 1.165) is 22.9 Å². The third kappa shape index (κ3) is 3.71. The maximum absolute atomic E-state index is 12.3. The van der Waals surface area contributed by atoms with Gasteiger partial charge in [-0.15, -0.1) is 0 Å². The zero-order chi connectivity index (χ0) is 16.5. The average Bonchev–Trinajstić information content (AvgIpc) is 2.93. The number of aromatic nitrogens is 2. The Kier molecular flexibility index (Phi) is 4.98. The molecule has 0 radical (unpaired) electrons. The molecule has 6 heteroatoms. The van der Waals surface area contributed by atoms with E-state index in [1.807, 2.05) is 20.0 Å². The summed E-state index contributed by atoms with van der Waals surface area (Å²) < 4.78 is 12.2. The third-order valence-electron chi connectivity index (χ3n) is 3.51. The minimum Gasteiger partial charge on any atom is -0.462 e. The Morgan fingerprint density at radius 1 is 1.36 bits per heavy atom. The summed E-state index contributed by atoms with van der Waals surface area (Å²) in [6.45, 7) is 11.3. The molecule has 0 N–H and O–H groups in total. The summed E-state index contributed by atoms with van der Waals surface area (Å²) >= 11 is 0. The Morgan fingerprint density at radius 2 is 2.05 bits per heavy atom. The first-order valence-corrected chi connectivity index (χ1v) is 12.9. The lowest BCUT2D eigenvalue weighted by molar-refractivity contribution is 0.0527. The average molecular weight is 336 g/mol. The number of hydrogen-bond donors (Lipinski definition) is 0. The summed E-state index contributed by atoms with van der Waals surface area (Å²) in [5.41, 5.74) is 3.60. The van der Waals surface area contributed by atoms with Crippen molar-refractivity contribution < 1.29 is 9.53 Å². The molecule has 0 aliphatic heterocycles. The van der Waals surface area contributed by atoms with E-state index in [-0.39, 0.29) is 5.97 Å². The molecule has 1 atom stereocenters. The van der Waals surface area contributed by atoms with E-state index in [1.54, 1.807) is 0 Å². The lowest BCUT2D eigenvalue weighted by Gasteiger charge is -2.13. The monoisotopic (exact) mass is 336 g/mol. The zero-order valence-electron chi connectivity index (χ0n) is 14.3. The molecule has 0 aliphatic rings. The predicted octanol–water partition coefficient (Wildman–Crippen LogP) is 4.44. The molecule has 0 aliphatic carbocycles. The van der Waals surface area contributed by atoms with Crippen molar-refractivity contribution in [2.45, 2.75) is 39.3 Å². The van der Waals surface area contributed by atoms with Gasteiger partial charge in [-0.25, -0.2) is 9.54 Å². The van der Waals surface area contributed by atoms with Gasteiger partial charge in [-0.1, -0.05) is 19.6 Å². The zero-order valence-corrected chi connectivity index (χ0v) is 16.2. The topological polar surface area (TPSA) is 44.1 Å². The van der Waals surface area contributed by atoms with Gasteiger partial charge in [-0.3, -0.25) is 0 Å². The molecule has 0 saturated carbocycles. The molecular weight excluding hydrogens is 311 g/mol. The van der Waals surface area contributed by atoms with Crippen LogP contribution >= 0.6 is 7.69 Å². The molecule has 1 unspecified atom stereocenters. The highest BCUT2D eigenvalue weighted by molar-refractivity contribution is 7.47. The Bertz CT molecular complexity index is 683. The van der Waals surface area contributed by atoms with E-state index in [0.29, 0.717) is 12.2 Å². The summed E-state index contributed by atoms with van der Waals surface area (Å²) in [7, 11) is 0.175. The molecule has 4 nitrogen and oxygen atoms in total. The quantitative estimate of drug-likeness (QED) is 0.599. The highest BCUT2D eigenvalue weighted by Crippen LogP contribution is 2.38. The van der Waals surface area contributed by atoms with E-state index in [2.05, 4.69) is 43.0 Å². The highest BCUT2D eigenvalue weighted by Gasteiger charge is 2.23. The van der Waals surface area contributed by atoms with Crippen molar-refractivity contribution in [3.8, 4) is 11.4 Å². The van der Waals surface area contributed by atoms with Gasteiger partial charge in [0, 0.05) is 12.7 Å². The molecule has 0 bridgehead atoms. The van der Waals surface area contributed by atoms with E-state index in [4.69, 9.17) is 9.48 Å². The number of hydrogen-bond acceptors (Lipinski definition) is 3. The Hall–Kier alpha value is -1.32. The lowest BCUT2D eigenvalue weighted by Crippen LogP contribution is -2.20. The van der Waals surface area contributed by atoms with E-state index in [1.165, 1.54) is 0 Å². The summed E-state index contributed by atoms with van der Waals surface area (Å²) in [6.07, 6.45) is 0. The smallest absolute Gasteiger partial charge is 0.340 e. The SMILES string of the molecule is CCOC(=O)c1cp(C[Si](C)(C)C)nc1-c1ccc(C)n1C. The van der Waals surface area contributed by atoms with Crippen LogP contribution in [0.25, 0.3) is 11.4 Å². The molecule has 22 heavy (non-hydrogen) atoms. The van der Waals surface area contributed by atoms with Gasteiger partial charge < -0.3 is 9.30 Å². The number of aryl methyl sites for hydroxylation is 1. The minimum absolute atomic E-state index is 0.249. The van der Waals surface area contributed by atoms with Gasteiger partial charge in [-0.2, -0.15) is 0 Å². The molecule has 2 aromatic heterocycles. The van der Waals surface area contributed by atoms with Crippen molar-refractivity contribution >= 4 is 21.7 Å². The fourth-order valence-electron chi connectivity index (χ4n) is 2.39. The van der Waals surface area contributed by atoms with Crippen molar-refractivity contribution in [2.24, 2.45) is 7.05 Å². The number of ether oxygens (including phenoxy) is 1. The fourth-order valence-corrected chi connectivity index (χ4v) is 7.97. The molecule has 2 rings (SSSR count). The van der Waals surface area contributed by atoms with Crippen LogP contribution in [0.5, 0.6) is 0 Å². The molecule has 0 amide bonds. The Labute approximate surface area is 134 Å². The van der Waals surface area contributed by atoms with E-state index >= 15 is 0 Å². The summed E-state index contributed by atoms with van der Waals surface area (Å²) in [5, 5.41) is 0. The molecule has 2 aromatic rings. The molecule has 120 valence electrons. The van der Waals surface area contributed by atoms with Crippen LogP contribution in [0.15, 0.2) is 17.9 Å². The Balaban J connectivity index is 2.50. The van der Waals surface area contributed by atoms with Gasteiger partial charge in [0.15, 0.2) is 0 Å². The van der Waals surface area contributed by atoms with Crippen LogP contribution in [0.4, 0.5) is 0 Å². The molecule has 0 fully saturated rings. The number of esters is 1. The van der Waals surface area contributed by atoms with Crippen LogP contribution in [-0.2, 0) is 17.6 Å². The van der Waals surface area contributed by atoms with Gasteiger partial charge >= 0.3 is 5.97 Å². The van der Waals surface area contributed by atoms with Crippen LogP contribution in [-0.4, -0.2) is 30.0 Å². The number of rotatable bonds is 5. The van der Waals surface area contributed by atoms with Crippen molar-refractivity contribution in [1.29, 1.82) is 0 Å². The lowest BCUT2D eigenvalue weighted by atomic mass is 10.2. The van der Waals surface area contributed by atoms with Crippen molar-refractivity contribution in [3.63, 3.8) is 0 Å². The van der Waals surface area contributed by atoms with Gasteiger partial charge in [0.05, 0.1) is 25.9 Å². The first-order valence-electron chi connectivity index (χ1n) is 7.60. The normalized spacial score (nSPS) is 12.5. The molecule has 0 aromatic carbocycles. The Morgan fingerprint density at radius 3 is 2.55 bits per heavy atom. The largest absolute Gasteiger partial charge is 0.462 e. The number of nitrogens with zero attached hydrogens (tertiary/aromatic N) is 2. The summed E-state index contributed by atoms with van der Waals surface area (Å²) in [5.74, 6) is 2.92. The second-order valence-electron chi connectivity index (χ2n) is 6.79. The standard InChI is InChI=1S/C16H25N2O2PSi/c1-7-20-16(19)13-10-21(11-22(4,5)6)17-15(13)14-9-8-12(2)18(14)3/h8-10H,7,11H2,1-6H3. The first kappa shape index (κ1) is 17.0. The predicted molar refractivity (Wildman–Crippen MR) is 95.4 cm³/mol. The number of carbonyl (C=O) groups is 1. The molecular formula is C16H25N2O2PSi. The molecule has 0 spiro atoms. The van der Waals surface area contributed by atoms with Crippen LogP contribution in [0.2, 0.25) is 19.6 Å². The van der Waals surface area contributed by atoms with E-state index in [9.17, 15) is 4.79 Å². The van der Waals surface area contributed by atoms with Gasteiger partial charge in [0.1, 0.15) is 5.69 Å². The number of carbonyl (C=O) groups excluding carboxylic acids is 1. The third-order valence-corrected chi connectivity index (χ3v) is 9.61. The fraction of sp³-hybridized carbons (Fsp3) is 0.500. The van der Waals surface area contributed by atoms with Gasteiger partial charge in [0.25, 0.3) is 0 Å². The maximum atomic E-state index is 12.3. The molecule has 2 heterocycles. The summed E-state index contributed by atoms with van der Waals surface area (Å²) in [6, 6.07) is 4.09. The van der Waals surface area contributed by atoms with Crippen molar-refractivity contribution in [2.75, 3.05) is 6.61 Å². The second kappa shape index (κ2) is 6.43. The van der Waals surface area contributed by atoms with Crippen LogP contribution in [0.1, 0.15) is 23.0 Å². The second-order valence-corrected chi connectivity index (χ2v) is 14.5.